The van der Waals surface area contributed by atoms with Gasteiger partial charge in [-0.1, -0.05) is 55.0 Å². The van der Waals surface area contributed by atoms with E-state index >= 15 is 0 Å². The average Bonchev–Trinajstić information content (AvgIpc) is 2.92. The largest absolute Gasteiger partial charge is 0.522 e. The molecule has 3 N–H and O–H groups in total. The quantitative estimate of drug-likeness (QED) is 0.141. The fourth-order valence-corrected chi connectivity index (χ4v) is 2.44. The Balaban J connectivity index is 0. The number of rotatable bonds is 2. The molecule has 0 aliphatic rings. The molecule has 215 valence electrons. The Hall–Kier alpha value is -2.99. The van der Waals surface area contributed by atoms with Crippen LogP contribution in [0.4, 0.5) is 13.2 Å². The maximum atomic E-state index is 10.7. The van der Waals surface area contributed by atoms with Gasteiger partial charge in [0.25, 0.3) is 0 Å². The minimum absolute atomic E-state index is 0. The van der Waals surface area contributed by atoms with E-state index in [0.717, 1.165) is 31.2 Å². The number of pyridine rings is 2. The maximum absolute atomic E-state index is 10.7. The summed E-state index contributed by atoms with van der Waals surface area (Å²) < 4.78 is 57.5. The maximum Gasteiger partial charge on any atom is 0.522 e. The number of hydrogen-bond acceptors (Lipinski definition) is 6. The molecule has 0 amide bonds. The van der Waals surface area contributed by atoms with E-state index in [-0.39, 0.29) is 20.1 Å². The Kier molecular flexibility index (Phi) is 19.6. The number of aliphatic hydroxyl groups excluding tert-OH is 2. The van der Waals surface area contributed by atoms with Gasteiger partial charge in [0.2, 0.25) is 0 Å². The molecule has 0 unspecified atom stereocenters. The van der Waals surface area contributed by atoms with Crippen molar-refractivity contribution in [2.75, 3.05) is 14.2 Å². The van der Waals surface area contributed by atoms with Crippen LogP contribution >= 0.6 is 0 Å². The number of alkyl halides is 3. The van der Waals surface area contributed by atoms with Crippen LogP contribution in [0.1, 0.15) is 11.1 Å². The van der Waals surface area contributed by atoms with Gasteiger partial charge in [0.15, 0.2) is 0 Å². The van der Waals surface area contributed by atoms with Crippen LogP contribution < -0.4 is 0 Å². The van der Waals surface area contributed by atoms with Crippen LogP contribution in [0.2, 0.25) is 0 Å². The molecule has 2 aromatic carbocycles. The third kappa shape index (κ3) is 15.3. The summed E-state index contributed by atoms with van der Waals surface area (Å²) in [7, 11) is -3.84. The summed E-state index contributed by atoms with van der Waals surface area (Å²) in [6.45, 7) is 4.14. The monoisotopic (exact) mass is 744 g/mol. The molecule has 1 radical (unpaired) electrons. The van der Waals surface area contributed by atoms with Crippen LogP contribution in [0.15, 0.2) is 91.3 Å². The second kappa shape index (κ2) is 20.0. The predicted octanol–water partition coefficient (Wildman–Crippen LogP) is 5.52. The minimum atomic E-state index is -5.84. The number of benzene rings is 2. The van der Waals surface area contributed by atoms with E-state index in [1.54, 1.807) is 6.20 Å². The van der Waals surface area contributed by atoms with Gasteiger partial charge in [0, 0.05) is 52.3 Å². The molecule has 0 saturated heterocycles. The van der Waals surface area contributed by atoms with E-state index in [1.807, 2.05) is 54.7 Å². The zero-order chi connectivity index (χ0) is 29.2. The molecule has 2 heterocycles. The second-order valence-electron chi connectivity index (χ2n) is 7.00. The predicted molar refractivity (Wildman–Crippen MR) is 142 cm³/mol. The summed E-state index contributed by atoms with van der Waals surface area (Å²) in [6.07, 6.45) is 3.61. The van der Waals surface area contributed by atoms with Crippen LogP contribution in [-0.4, -0.2) is 52.9 Å². The molecule has 39 heavy (non-hydrogen) atoms. The number of aliphatic hydroxyl groups is 2. The van der Waals surface area contributed by atoms with Gasteiger partial charge in [-0.05, 0) is 30.8 Å². The number of aryl methyl sites for hydroxylation is 2. The van der Waals surface area contributed by atoms with E-state index in [4.69, 9.17) is 23.2 Å². The van der Waals surface area contributed by atoms with Crippen LogP contribution in [0.25, 0.3) is 22.5 Å². The normalized spacial score (nSPS) is 9.79. The Morgan fingerprint density at radius 3 is 1.51 bits per heavy atom. The molecule has 0 fully saturated rings. The van der Waals surface area contributed by atoms with Gasteiger partial charge in [0.1, 0.15) is 0 Å². The average molecular weight is 744 g/mol. The van der Waals surface area contributed by atoms with Crippen molar-refractivity contribution in [1.82, 2.24) is 9.97 Å². The number of halogens is 3. The molecule has 7 nitrogen and oxygen atoms in total. The van der Waals surface area contributed by atoms with E-state index in [1.165, 1.54) is 16.7 Å². The van der Waals surface area contributed by atoms with E-state index < -0.39 is 15.6 Å². The topological polar surface area (TPSA) is 121 Å². The van der Waals surface area contributed by atoms with Crippen molar-refractivity contribution in [2.45, 2.75) is 19.4 Å². The fraction of sp³-hybridized carbons (Fsp3) is 0.185. The summed E-state index contributed by atoms with van der Waals surface area (Å²) in [4.78, 5) is 8.53. The van der Waals surface area contributed by atoms with Crippen molar-refractivity contribution < 1.29 is 56.5 Å². The Morgan fingerprint density at radius 2 is 1.15 bits per heavy atom. The molecule has 0 aliphatic carbocycles. The zero-order valence-corrected chi connectivity index (χ0v) is 24.8. The summed E-state index contributed by atoms with van der Waals surface area (Å²) in [5.74, 6) is 0. The van der Waals surface area contributed by atoms with Gasteiger partial charge in [-0.25, -0.2) is 0 Å². The molecule has 0 atom stereocenters. The van der Waals surface area contributed by atoms with Gasteiger partial charge in [-0.15, -0.1) is 35.4 Å². The molecule has 0 saturated carbocycles. The van der Waals surface area contributed by atoms with Crippen LogP contribution in [0, 0.1) is 19.9 Å². The first-order valence-electron chi connectivity index (χ1n) is 10.8. The van der Waals surface area contributed by atoms with Gasteiger partial charge in [0.05, 0.1) is 5.69 Å². The van der Waals surface area contributed by atoms with Crippen molar-refractivity contribution in [3.05, 3.63) is 108 Å². The van der Waals surface area contributed by atoms with Gasteiger partial charge < -0.3 is 15.2 Å². The third-order valence-electron chi connectivity index (χ3n) is 4.21. The van der Waals surface area contributed by atoms with Gasteiger partial charge in [-0.3, -0.25) is 9.54 Å². The molecule has 0 bridgehead atoms. The summed E-state index contributed by atoms with van der Waals surface area (Å²) in [5, 5.41) is 14.0. The van der Waals surface area contributed by atoms with E-state index in [0.29, 0.717) is 0 Å². The number of hydrogen-bond donors (Lipinski definition) is 3. The molecule has 12 heteroatoms. The smallest absolute Gasteiger partial charge is 0.400 e. The zero-order valence-electron chi connectivity index (χ0n) is 21.6. The fourth-order valence-electron chi connectivity index (χ4n) is 2.44. The molecular formula is C27H30F3IrN2O5S-. The SMILES string of the molecule is CO.CO.Cc1c[c-]c(-c2ccccn2)cc1.Cc1ccc(-c2ccccn2)cc1.O=S(=O)(O)C(F)(F)F.[Ir]. The standard InChI is InChI=1S/C12H11N.C12H10N.CHF3O3S.2CH4O.Ir/c2*1-10-5-7-11(8-6-10)12-4-2-3-9-13-12;2-1(3,4)8(5,6)7;2*1-2;/h2-9H,1H3;2-7,9H,1H3;(H,5,6,7);2*2H,1H3;/q;-1;;;;. The van der Waals surface area contributed by atoms with E-state index in [9.17, 15) is 13.2 Å². The molecule has 4 aromatic rings. The van der Waals surface area contributed by atoms with Crippen molar-refractivity contribution in [3.8, 4) is 22.5 Å². The molecule has 0 aliphatic heterocycles. The van der Waals surface area contributed by atoms with Crippen LogP contribution in [-0.2, 0) is 30.2 Å². The van der Waals surface area contributed by atoms with Crippen molar-refractivity contribution in [2.24, 2.45) is 0 Å². The van der Waals surface area contributed by atoms with Crippen molar-refractivity contribution in [3.63, 3.8) is 0 Å². The summed E-state index contributed by atoms with van der Waals surface area (Å²) in [5.41, 5.74) is 1.19. The Labute approximate surface area is 240 Å². The Bertz CT molecular complexity index is 1180. The first-order valence-corrected chi connectivity index (χ1v) is 12.2. The first kappa shape index (κ1) is 38.2. The molecule has 4 rings (SSSR count). The van der Waals surface area contributed by atoms with Gasteiger partial charge >= 0.3 is 15.6 Å². The molecule has 0 spiro atoms. The second-order valence-corrected chi connectivity index (χ2v) is 8.41. The number of aromatic nitrogens is 2. The molecule has 2 aromatic heterocycles. The summed E-state index contributed by atoms with van der Waals surface area (Å²) in [6, 6.07) is 29.5. The van der Waals surface area contributed by atoms with Crippen LogP contribution in [0.5, 0.6) is 0 Å². The Morgan fingerprint density at radius 1 is 0.718 bits per heavy atom. The first-order chi connectivity index (χ1) is 18.0. The van der Waals surface area contributed by atoms with Crippen molar-refractivity contribution >= 4 is 10.1 Å². The molecular weight excluding hydrogens is 714 g/mol. The number of nitrogens with zero attached hydrogens (tertiary/aromatic N) is 2. The third-order valence-corrected chi connectivity index (χ3v) is 4.80. The minimum Gasteiger partial charge on any atom is -0.400 e. The summed E-state index contributed by atoms with van der Waals surface area (Å²) >= 11 is 0. The van der Waals surface area contributed by atoms with Gasteiger partial charge in [-0.2, -0.15) is 21.6 Å². The van der Waals surface area contributed by atoms with E-state index in [2.05, 4.69) is 60.2 Å². The van der Waals surface area contributed by atoms with Crippen LogP contribution in [0.3, 0.4) is 0 Å². The van der Waals surface area contributed by atoms with Crippen molar-refractivity contribution in [1.29, 1.82) is 0 Å².